The van der Waals surface area contributed by atoms with Crippen LogP contribution in [-0.4, -0.2) is 53.7 Å². The smallest absolute Gasteiger partial charge is 0.329 e. The monoisotopic (exact) mass is 272 g/mol. The molecular formula is C13H24N2O4. The molecule has 1 atom stereocenters. The number of amides is 1. The zero-order valence-electron chi connectivity index (χ0n) is 11.7. The molecule has 0 aromatic rings. The van der Waals surface area contributed by atoms with E-state index in [0.717, 1.165) is 0 Å². The summed E-state index contributed by atoms with van der Waals surface area (Å²) in [4.78, 5) is 24.2. The Morgan fingerprint density at radius 3 is 2.42 bits per heavy atom. The zero-order chi connectivity index (χ0) is 14.4. The van der Waals surface area contributed by atoms with Crippen molar-refractivity contribution >= 4 is 11.9 Å². The Balaban J connectivity index is 2.32. The lowest BCUT2D eigenvalue weighted by Gasteiger charge is -2.33. The Hall–Kier alpha value is -1.14. The quantitative estimate of drug-likeness (QED) is 0.732. The number of hydrogen-bond donors (Lipinski definition) is 2. The lowest BCUT2D eigenvalue weighted by molar-refractivity contribution is -0.147. The Kier molecular flexibility index (Phi) is 6.24. The van der Waals surface area contributed by atoms with E-state index < -0.39 is 12.0 Å². The molecule has 0 aliphatic carbocycles. The number of rotatable bonds is 6. The number of carbonyl (C=O) groups excluding carboxylic acids is 1. The molecule has 0 aromatic heterocycles. The molecule has 0 bridgehead atoms. The number of ether oxygens (including phenoxy) is 1. The van der Waals surface area contributed by atoms with Crippen LogP contribution in [0.15, 0.2) is 0 Å². The highest BCUT2D eigenvalue weighted by molar-refractivity contribution is 5.81. The van der Waals surface area contributed by atoms with E-state index in [2.05, 4.69) is 0 Å². The maximum atomic E-state index is 12.1. The fourth-order valence-electron chi connectivity index (χ4n) is 2.28. The van der Waals surface area contributed by atoms with E-state index in [1.807, 2.05) is 13.8 Å². The summed E-state index contributed by atoms with van der Waals surface area (Å²) in [5.41, 5.74) is 5.88. The zero-order valence-corrected chi connectivity index (χ0v) is 11.7. The number of aliphatic carboxylic acids is 1. The SMILES string of the molecule is CC(C)C[C@H](N)C(=O)N1CCC(OCC(=O)O)CC1. The first-order valence-electron chi connectivity index (χ1n) is 6.78. The summed E-state index contributed by atoms with van der Waals surface area (Å²) in [6, 6.07) is -0.434. The molecule has 1 heterocycles. The van der Waals surface area contributed by atoms with Crippen molar-refractivity contribution in [3.63, 3.8) is 0 Å². The van der Waals surface area contributed by atoms with Crippen molar-refractivity contribution in [2.45, 2.75) is 45.3 Å². The molecule has 0 spiro atoms. The van der Waals surface area contributed by atoms with Gasteiger partial charge >= 0.3 is 5.97 Å². The number of hydrogen-bond acceptors (Lipinski definition) is 4. The van der Waals surface area contributed by atoms with Crippen molar-refractivity contribution in [3.8, 4) is 0 Å². The second kappa shape index (κ2) is 7.45. The fraction of sp³-hybridized carbons (Fsp3) is 0.846. The van der Waals surface area contributed by atoms with Crippen LogP contribution in [0.5, 0.6) is 0 Å². The van der Waals surface area contributed by atoms with Crippen LogP contribution in [0.3, 0.4) is 0 Å². The molecule has 0 radical (unpaired) electrons. The minimum atomic E-state index is -0.961. The van der Waals surface area contributed by atoms with Crippen LogP contribution in [0.1, 0.15) is 33.1 Å². The van der Waals surface area contributed by atoms with Crippen LogP contribution in [0.4, 0.5) is 0 Å². The van der Waals surface area contributed by atoms with Gasteiger partial charge in [-0.1, -0.05) is 13.8 Å². The third kappa shape index (κ3) is 5.57. The van der Waals surface area contributed by atoms with Gasteiger partial charge in [-0.05, 0) is 25.2 Å². The molecule has 6 nitrogen and oxygen atoms in total. The molecule has 1 amide bonds. The van der Waals surface area contributed by atoms with E-state index in [1.165, 1.54) is 0 Å². The van der Waals surface area contributed by atoms with Crippen molar-refractivity contribution in [2.24, 2.45) is 11.7 Å². The largest absolute Gasteiger partial charge is 0.480 e. The van der Waals surface area contributed by atoms with Crippen LogP contribution in [0.2, 0.25) is 0 Å². The van der Waals surface area contributed by atoms with Crippen molar-refractivity contribution in [1.82, 2.24) is 4.90 Å². The summed E-state index contributed by atoms with van der Waals surface area (Å²) in [5.74, 6) is -0.571. The van der Waals surface area contributed by atoms with E-state index in [0.29, 0.717) is 38.3 Å². The third-order valence-corrected chi connectivity index (χ3v) is 3.24. The molecular weight excluding hydrogens is 248 g/mol. The van der Waals surface area contributed by atoms with E-state index in [4.69, 9.17) is 15.6 Å². The van der Waals surface area contributed by atoms with Gasteiger partial charge in [0.2, 0.25) is 5.91 Å². The number of likely N-dealkylation sites (tertiary alicyclic amines) is 1. The normalized spacial score (nSPS) is 18.6. The van der Waals surface area contributed by atoms with Gasteiger partial charge in [0.15, 0.2) is 0 Å². The van der Waals surface area contributed by atoms with Gasteiger partial charge in [-0.2, -0.15) is 0 Å². The Labute approximate surface area is 113 Å². The summed E-state index contributed by atoms with van der Waals surface area (Å²) in [6.07, 6.45) is 1.97. The molecule has 110 valence electrons. The molecule has 0 saturated carbocycles. The first kappa shape index (κ1) is 15.9. The van der Waals surface area contributed by atoms with Gasteiger partial charge in [-0.15, -0.1) is 0 Å². The van der Waals surface area contributed by atoms with Crippen LogP contribution in [0.25, 0.3) is 0 Å². The minimum absolute atomic E-state index is 0.00890. The molecule has 1 aliphatic rings. The first-order chi connectivity index (χ1) is 8.90. The Morgan fingerprint density at radius 2 is 1.95 bits per heavy atom. The van der Waals surface area contributed by atoms with Crippen molar-refractivity contribution in [3.05, 3.63) is 0 Å². The molecule has 19 heavy (non-hydrogen) atoms. The molecule has 0 aromatic carbocycles. The lowest BCUT2D eigenvalue weighted by Crippen LogP contribution is -2.48. The van der Waals surface area contributed by atoms with Crippen molar-refractivity contribution in [1.29, 1.82) is 0 Å². The average molecular weight is 272 g/mol. The van der Waals surface area contributed by atoms with Crippen LogP contribution in [0, 0.1) is 5.92 Å². The minimum Gasteiger partial charge on any atom is -0.480 e. The van der Waals surface area contributed by atoms with E-state index in [9.17, 15) is 9.59 Å². The van der Waals surface area contributed by atoms with Gasteiger partial charge in [-0.3, -0.25) is 4.79 Å². The van der Waals surface area contributed by atoms with Gasteiger partial charge in [0, 0.05) is 13.1 Å². The summed E-state index contributed by atoms with van der Waals surface area (Å²) in [5, 5.41) is 8.53. The molecule has 1 saturated heterocycles. The van der Waals surface area contributed by atoms with Gasteiger partial charge < -0.3 is 20.5 Å². The number of carbonyl (C=O) groups is 2. The standard InChI is InChI=1S/C13H24N2O4/c1-9(2)7-11(14)13(18)15-5-3-10(4-6-15)19-8-12(16)17/h9-11H,3-8,14H2,1-2H3,(H,16,17)/t11-/m0/s1. The maximum Gasteiger partial charge on any atom is 0.329 e. The van der Waals surface area contributed by atoms with Crippen LogP contribution >= 0.6 is 0 Å². The molecule has 1 rings (SSSR count). The van der Waals surface area contributed by atoms with E-state index in [-0.39, 0.29) is 18.6 Å². The second-order valence-corrected chi connectivity index (χ2v) is 5.47. The van der Waals surface area contributed by atoms with Gasteiger partial charge in [-0.25, -0.2) is 4.79 Å². The van der Waals surface area contributed by atoms with Crippen LogP contribution in [-0.2, 0) is 14.3 Å². The number of nitrogens with two attached hydrogens (primary N) is 1. The molecule has 1 aliphatic heterocycles. The second-order valence-electron chi connectivity index (χ2n) is 5.47. The summed E-state index contributed by atoms with van der Waals surface area (Å²) < 4.78 is 5.23. The number of carboxylic acid groups (broad SMARTS) is 1. The third-order valence-electron chi connectivity index (χ3n) is 3.24. The first-order valence-corrected chi connectivity index (χ1v) is 6.78. The highest BCUT2D eigenvalue weighted by atomic mass is 16.5. The van der Waals surface area contributed by atoms with Gasteiger partial charge in [0.05, 0.1) is 12.1 Å². The van der Waals surface area contributed by atoms with E-state index in [1.54, 1.807) is 4.90 Å². The highest BCUT2D eigenvalue weighted by Crippen LogP contribution is 2.15. The topological polar surface area (TPSA) is 92.9 Å². The molecule has 6 heteroatoms. The van der Waals surface area contributed by atoms with E-state index >= 15 is 0 Å². The molecule has 0 unspecified atom stereocenters. The Bertz CT molecular complexity index is 312. The van der Waals surface area contributed by atoms with Gasteiger partial charge in [0.25, 0.3) is 0 Å². The predicted octanol–water partition coefficient (Wildman–Crippen LogP) is 0.452. The van der Waals surface area contributed by atoms with Crippen molar-refractivity contribution < 1.29 is 19.4 Å². The summed E-state index contributed by atoms with van der Waals surface area (Å²) in [6.45, 7) is 4.99. The van der Waals surface area contributed by atoms with Crippen LogP contribution < -0.4 is 5.73 Å². The highest BCUT2D eigenvalue weighted by Gasteiger charge is 2.27. The molecule has 3 N–H and O–H groups in total. The van der Waals surface area contributed by atoms with Gasteiger partial charge in [0.1, 0.15) is 6.61 Å². The average Bonchev–Trinajstić information content (AvgIpc) is 2.35. The Morgan fingerprint density at radius 1 is 1.37 bits per heavy atom. The van der Waals surface area contributed by atoms with Crippen molar-refractivity contribution in [2.75, 3.05) is 19.7 Å². The summed E-state index contributed by atoms with van der Waals surface area (Å²) >= 11 is 0. The summed E-state index contributed by atoms with van der Waals surface area (Å²) in [7, 11) is 0. The number of piperidine rings is 1. The predicted molar refractivity (Wildman–Crippen MR) is 70.6 cm³/mol. The molecule has 1 fully saturated rings. The number of carboxylic acids is 1. The fourth-order valence-corrected chi connectivity index (χ4v) is 2.28. The number of nitrogens with zero attached hydrogens (tertiary/aromatic N) is 1. The lowest BCUT2D eigenvalue weighted by atomic mass is 10.0. The maximum absolute atomic E-state index is 12.1.